The first-order chi connectivity index (χ1) is 19.8. The maximum atomic E-state index is 13.6. The van der Waals surface area contributed by atoms with Gasteiger partial charge in [-0.3, -0.25) is 9.59 Å². The molecule has 0 bridgehead atoms. The number of carbonyl (C=O) groups is 2. The molecule has 208 valence electrons. The fraction of sp³-hybridized carbons (Fsp3) is 0.212. The van der Waals surface area contributed by atoms with E-state index in [1.165, 1.54) is 0 Å². The normalized spacial score (nSPS) is 11.0. The lowest BCUT2D eigenvalue weighted by atomic mass is 9.99. The van der Waals surface area contributed by atoms with Crippen LogP contribution in [0.1, 0.15) is 56.3 Å². The van der Waals surface area contributed by atoms with E-state index in [0.717, 1.165) is 52.6 Å². The largest absolute Gasteiger partial charge is 0.446 e. The van der Waals surface area contributed by atoms with Crippen LogP contribution in [0, 0.1) is 20.8 Å². The van der Waals surface area contributed by atoms with Gasteiger partial charge in [0.15, 0.2) is 5.89 Å². The van der Waals surface area contributed by atoms with Crippen molar-refractivity contribution in [1.29, 1.82) is 0 Å². The number of anilines is 1. The molecule has 0 saturated carbocycles. The number of oxazole rings is 1. The van der Waals surface area contributed by atoms with Crippen molar-refractivity contribution < 1.29 is 14.0 Å². The number of rotatable bonds is 9. The van der Waals surface area contributed by atoms with Crippen molar-refractivity contribution in [1.82, 2.24) is 15.3 Å². The molecule has 2 aromatic heterocycles. The van der Waals surface area contributed by atoms with Crippen molar-refractivity contribution in [2.75, 3.05) is 11.9 Å². The van der Waals surface area contributed by atoms with E-state index in [1.807, 2.05) is 51.1 Å². The summed E-state index contributed by atoms with van der Waals surface area (Å²) in [7, 11) is 0. The summed E-state index contributed by atoms with van der Waals surface area (Å²) in [6, 6.07) is 20.1. The number of pyridine rings is 1. The minimum atomic E-state index is -0.269. The molecule has 7 nitrogen and oxygen atoms in total. The Morgan fingerprint density at radius 2 is 1.71 bits per heavy atom. The molecule has 0 radical (unpaired) electrons. The first-order valence-electron chi connectivity index (χ1n) is 13.6. The van der Waals surface area contributed by atoms with Gasteiger partial charge in [0, 0.05) is 47.1 Å². The third kappa shape index (κ3) is 6.64. The molecule has 2 N–H and O–H groups in total. The maximum absolute atomic E-state index is 13.6. The van der Waals surface area contributed by atoms with Crippen LogP contribution in [-0.2, 0) is 6.42 Å². The summed E-state index contributed by atoms with van der Waals surface area (Å²) >= 11 is 6.47. The number of amides is 2. The summed E-state index contributed by atoms with van der Waals surface area (Å²) in [4.78, 5) is 35.1. The Labute approximate surface area is 244 Å². The highest BCUT2D eigenvalue weighted by Gasteiger charge is 2.17. The Balaban J connectivity index is 1.28. The van der Waals surface area contributed by atoms with E-state index in [-0.39, 0.29) is 11.8 Å². The number of nitrogens with zero attached hydrogens (tertiary/aromatic N) is 2. The third-order valence-electron chi connectivity index (χ3n) is 6.85. The van der Waals surface area contributed by atoms with Gasteiger partial charge in [-0.15, -0.1) is 0 Å². The molecule has 8 heteroatoms. The van der Waals surface area contributed by atoms with Crippen LogP contribution in [0.25, 0.3) is 22.2 Å². The second-order valence-corrected chi connectivity index (χ2v) is 10.5. The highest BCUT2D eigenvalue weighted by atomic mass is 35.5. The summed E-state index contributed by atoms with van der Waals surface area (Å²) in [5, 5.41) is 7.26. The molecule has 0 aliphatic carbocycles. The first-order valence-corrected chi connectivity index (χ1v) is 13.9. The monoisotopic (exact) mass is 566 g/mol. The van der Waals surface area contributed by atoms with E-state index in [0.29, 0.717) is 40.0 Å². The van der Waals surface area contributed by atoms with Gasteiger partial charge in [-0.2, -0.15) is 0 Å². The van der Waals surface area contributed by atoms with Crippen LogP contribution in [0.15, 0.2) is 77.3 Å². The Kier molecular flexibility index (Phi) is 8.45. The van der Waals surface area contributed by atoms with E-state index >= 15 is 0 Å². The molecule has 2 heterocycles. The molecule has 0 aliphatic heterocycles. The molecule has 5 aromatic rings. The number of nitrogens with one attached hydrogen (secondary N) is 2. The molecule has 0 spiro atoms. The summed E-state index contributed by atoms with van der Waals surface area (Å²) < 4.78 is 5.47. The van der Waals surface area contributed by atoms with Crippen molar-refractivity contribution in [3.63, 3.8) is 0 Å². The molecular formula is C33H31ClN4O3. The lowest BCUT2D eigenvalue weighted by molar-refractivity contribution is 0.0952. The van der Waals surface area contributed by atoms with Crippen LogP contribution >= 0.6 is 11.6 Å². The van der Waals surface area contributed by atoms with Crippen LogP contribution in [0.5, 0.6) is 0 Å². The van der Waals surface area contributed by atoms with Gasteiger partial charge in [0.05, 0.1) is 23.0 Å². The Morgan fingerprint density at radius 3 is 2.44 bits per heavy atom. The van der Waals surface area contributed by atoms with Crippen molar-refractivity contribution in [2.45, 2.75) is 40.0 Å². The van der Waals surface area contributed by atoms with E-state index < -0.39 is 0 Å². The molecule has 0 fully saturated rings. The van der Waals surface area contributed by atoms with Crippen LogP contribution in [0.4, 0.5) is 5.69 Å². The lowest BCUT2D eigenvalue weighted by Gasteiger charge is -2.14. The van der Waals surface area contributed by atoms with E-state index in [9.17, 15) is 9.59 Å². The van der Waals surface area contributed by atoms with Gasteiger partial charge in [-0.1, -0.05) is 41.4 Å². The van der Waals surface area contributed by atoms with Crippen molar-refractivity contribution in [3.8, 4) is 11.3 Å². The summed E-state index contributed by atoms with van der Waals surface area (Å²) in [5.41, 5.74) is 5.76. The number of fused-ring (bicyclic) bond motifs is 1. The Bertz CT molecular complexity index is 1730. The number of unbranched alkanes of at least 4 members (excludes halogenated alkanes) is 1. The average molecular weight is 567 g/mol. The van der Waals surface area contributed by atoms with Gasteiger partial charge in [0.1, 0.15) is 5.76 Å². The van der Waals surface area contributed by atoms with Gasteiger partial charge in [-0.25, -0.2) is 9.97 Å². The van der Waals surface area contributed by atoms with Crippen molar-refractivity contribution in [3.05, 3.63) is 112 Å². The average Bonchev–Trinajstić information content (AvgIpc) is 3.37. The first kappa shape index (κ1) is 28.1. The molecular weight excluding hydrogens is 536 g/mol. The van der Waals surface area contributed by atoms with Crippen molar-refractivity contribution >= 4 is 40.0 Å². The SMILES string of the molecule is Cc1cc(C)c2nc(-c3ccccc3Cl)cc(C(=O)Nc3ccc(C(=O)NCCCCc4cnc(C)o4)cc3)c2c1. The van der Waals surface area contributed by atoms with Crippen molar-refractivity contribution in [2.24, 2.45) is 0 Å². The molecule has 41 heavy (non-hydrogen) atoms. The van der Waals surface area contributed by atoms with E-state index in [1.54, 1.807) is 36.5 Å². The standard InChI is InChI=1S/C33H31ClN4O3/c1-20-16-21(2)31-27(17-20)28(18-30(38-31)26-9-4-5-10-29(26)34)33(40)37-24-13-11-23(12-14-24)32(39)35-15-7-6-8-25-19-36-22(3)41-25/h4-5,9-14,16-19H,6-8,15H2,1-3H3,(H,35,39)(H,37,40). The van der Waals surface area contributed by atoms with Gasteiger partial charge in [-0.05, 0) is 74.7 Å². The number of hydrogen-bond acceptors (Lipinski definition) is 5. The number of halogens is 1. The minimum Gasteiger partial charge on any atom is -0.446 e. The molecule has 5 rings (SSSR count). The summed E-state index contributed by atoms with van der Waals surface area (Å²) in [5.74, 6) is 1.09. The molecule has 0 atom stereocenters. The maximum Gasteiger partial charge on any atom is 0.256 e. The number of hydrogen-bond donors (Lipinski definition) is 2. The molecule has 0 saturated heterocycles. The highest BCUT2D eigenvalue weighted by molar-refractivity contribution is 6.33. The van der Waals surface area contributed by atoms with Crippen LogP contribution in [-0.4, -0.2) is 28.3 Å². The van der Waals surface area contributed by atoms with Crippen LogP contribution < -0.4 is 10.6 Å². The molecule has 0 unspecified atom stereocenters. The topological polar surface area (TPSA) is 97.1 Å². The number of benzene rings is 3. The molecule has 2 amide bonds. The quantitative estimate of drug-likeness (QED) is 0.180. The number of aromatic nitrogens is 2. The zero-order valence-corrected chi connectivity index (χ0v) is 24.0. The Hall–Kier alpha value is -4.49. The minimum absolute atomic E-state index is 0.158. The fourth-order valence-corrected chi connectivity index (χ4v) is 5.06. The Morgan fingerprint density at radius 1 is 0.927 bits per heavy atom. The zero-order chi connectivity index (χ0) is 28.9. The lowest BCUT2D eigenvalue weighted by Crippen LogP contribution is -2.24. The number of carbonyl (C=O) groups excluding carboxylic acids is 2. The van der Waals surface area contributed by atoms with Gasteiger partial charge in [0.25, 0.3) is 11.8 Å². The fourth-order valence-electron chi connectivity index (χ4n) is 4.83. The van der Waals surface area contributed by atoms with Crippen LogP contribution in [0.3, 0.4) is 0 Å². The van der Waals surface area contributed by atoms with Crippen LogP contribution in [0.2, 0.25) is 5.02 Å². The third-order valence-corrected chi connectivity index (χ3v) is 7.18. The second-order valence-electron chi connectivity index (χ2n) is 10.1. The van der Waals surface area contributed by atoms with Gasteiger partial charge < -0.3 is 15.1 Å². The van der Waals surface area contributed by atoms with E-state index in [4.69, 9.17) is 21.0 Å². The second kappa shape index (κ2) is 12.4. The highest BCUT2D eigenvalue weighted by Crippen LogP contribution is 2.32. The van der Waals surface area contributed by atoms with Gasteiger partial charge in [0.2, 0.25) is 0 Å². The molecule has 0 aliphatic rings. The summed E-state index contributed by atoms with van der Waals surface area (Å²) in [6.07, 6.45) is 4.25. The number of aryl methyl sites for hydroxylation is 4. The van der Waals surface area contributed by atoms with E-state index in [2.05, 4.69) is 21.7 Å². The summed E-state index contributed by atoms with van der Waals surface area (Å²) in [6.45, 7) is 6.37. The predicted octanol–water partition coefficient (Wildman–Crippen LogP) is 7.47. The zero-order valence-electron chi connectivity index (χ0n) is 23.3. The molecule has 3 aromatic carbocycles. The smallest absolute Gasteiger partial charge is 0.256 e. The predicted molar refractivity (Wildman–Crippen MR) is 163 cm³/mol. The van der Waals surface area contributed by atoms with Gasteiger partial charge >= 0.3 is 0 Å².